The molecule has 2 aromatic heterocycles. The Morgan fingerprint density at radius 1 is 1.06 bits per heavy atom. The van der Waals surface area contributed by atoms with Crippen LogP contribution in [0.1, 0.15) is 67.0 Å². The number of pyridine rings is 1. The van der Waals surface area contributed by atoms with Crippen LogP contribution in [0.3, 0.4) is 0 Å². The fourth-order valence-corrected chi connectivity index (χ4v) is 5.64. The summed E-state index contributed by atoms with van der Waals surface area (Å²) in [5.74, 6) is -0.00566. The standard InChI is InChI=1S/C30H35FN4S/c1-6-8-22(17-33-20(5)23-14-19(4)28-27(16-23)36-30(32)35-28)26-15-18(3)25(9-7-2)29(34-26)21-10-12-24(31)13-11-21/h10-16,22,33H,5-9,17H2,1-4H3,(H2,32,35). The van der Waals surface area contributed by atoms with Gasteiger partial charge in [0.25, 0.3) is 0 Å². The first-order valence-electron chi connectivity index (χ1n) is 12.7. The average molecular weight is 503 g/mol. The smallest absolute Gasteiger partial charge is 0.181 e. The molecule has 0 fully saturated rings. The molecule has 36 heavy (non-hydrogen) atoms. The van der Waals surface area contributed by atoms with Crippen LogP contribution in [0.25, 0.3) is 27.2 Å². The van der Waals surface area contributed by atoms with E-state index in [1.165, 1.54) is 34.6 Å². The maximum absolute atomic E-state index is 13.6. The summed E-state index contributed by atoms with van der Waals surface area (Å²) in [7, 11) is 0. The van der Waals surface area contributed by atoms with Crippen LogP contribution in [-0.4, -0.2) is 16.5 Å². The number of nitrogens with zero attached hydrogens (tertiary/aromatic N) is 2. The molecule has 0 aliphatic rings. The zero-order valence-corrected chi connectivity index (χ0v) is 22.4. The van der Waals surface area contributed by atoms with Gasteiger partial charge in [0.05, 0.1) is 15.9 Å². The second kappa shape index (κ2) is 11.2. The minimum atomic E-state index is -0.232. The lowest BCUT2D eigenvalue weighted by Gasteiger charge is -2.22. The average Bonchev–Trinajstić information content (AvgIpc) is 3.24. The van der Waals surface area contributed by atoms with Gasteiger partial charge in [-0.2, -0.15) is 0 Å². The van der Waals surface area contributed by atoms with Crippen molar-refractivity contribution in [1.29, 1.82) is 0 Å². The number of aryl methyl sites for hydroxylation is 2. The van der Waals surface area contributed by atoms with E-state index in [1.807, 2.05) is 12.1 Å². The summed E-state index contributed by atoms with van der Waals surface area (Å²) in [5.41, 5.74) is 15.4. The molecule has 0 saturated heterocycles. The van der Waals surface area contributed by atoms with Gasteiger partial charge in [-0.05, 0) is 91.4 Å². The van der Waals surface area contributed by atoms with Crippen molar-refractivity contribution in [3.63, 3.8) is 0 Å². The molecule has 0 amide bonds. The van der Waals surface area contributed by atoms with E-state index in [2.05, 4.69) is 62.8 Å². The van der Waals surface area contributed by atoms with Crippen molar-refractivity contribution in [2.24, 2.45) is 0 Å². The van der Waals surface area contributed by atoms with Crippen molar-refractivity contribution in [2.45, 2.75) is 59.3 Å². The molecule has 4 aromatic rings. The molecule has 4 nitrogen and oxygen atoms in total. The summed E-state index contributed by atoms with van der Waals surface area (Å²) < 4.78 is 14.7. The number of anilines is 1. The highest BCUT2D eigenvalue weighted by atomic mass is 32.1. The summed E-state index contributed by atoms with van der Waals surface area (Å²) in [6, 6.07) is 13.1. The first-order valence-corrected chi connectivity index (χ1v) is 13.5. The zero-order valence-electron chi connectivity index (χ0n) is 21.6. The third kappa shape index (κ3) is 5.59. The van der Waals surface area contributed by atoms with Gasteiger partial charge in [0.1, 0.15) is 5.82 Å². The fourth-order valence-electron chi connectivity index (χ4n) is 4.79. The minimum absolute atomic E-state index is 0.226. The third-order valence-electron chi connectivity index (χ3n) is 6.65. The third-order valence-corrected chi connectivity index (χ3v) is 7.48. The Morgan fingerprint density at radius 3 is 2.50 bits per heavy atom. The Kier molecular flexibility index (Phi) is 8.04. The molecule has 3 N–H and O–H groups in total. The van der Waals surface area contributed by atoms with E-state index in [0.29, 0.717) is 5.13 Å². The maximum atomic E-state index is 13.6. The van der Waals surface area contributed by atoms with Gasteiger partial charge in [0.15, 0.2) is 5.13 Å². The summed E-state index contributed by atoms with van der Waals surface area (Å²) in [6.07, 6.45) is 4.04. The number of hydrogen-bond acceptors (Lipinski definition) is 5. The quantitative estimate of drug-likeness (QED) is 0.232. The molecule has 188 valence electrons. The number of benzene rings is 2. The van der Waals surface area contributed by atoms with E-state index in [0.717, 1.165) is 76.2 Å². The van der Waals surface area contributed by atoms with Gasteiger partial charge < -0.3 is 11.1 Å². The Hall–Kier alpha value is -3.25. The van der Waals surface area contributed by atoms with Crippen LogP contribution >= 0.6 is 11.3 Å². The van der Waals surface area contributed by atoms with Crippen molar-refractivity contribution >= 4 is 32.4 Å². The molecule has 0 spiro atoms. The van der Waals surface area contributed by atoms with E-state index in [4.69, 9.17) is 10.7 Å². The minimum Gasteiger partial charge on any atom is -0.384 e. The monoisotopic (exact) mass is 502 g/mol. The van der Waals surface area contributed by atoms with Crippen LogP contribution in [-0.2, 0) is 6.42 Å². The molecule has 1 unspecified atom stereocenters. The molecule has 0 saturated carbocycles. The van der Waals surface area contributed by atoms with Crippen LogP contribution in [0.15, 0.2) is 49.0 Å². The summed E-state index contributed by atoms with van der Waals surface area (Å²) >= 11 is 1.50. The Morgan fingerprint density at radius 2 is 1.81 bits per heavy atom. The normalized spacial score (nSPS) is 12.1. The molecular formula is C30H35FN4S. The number of nitrogens with one attached hydrogen (secondary N) is 1. The van der Waals surface area contributed by atoms with Gasteiger partial charge in [0.2, 0.25) is 0 Å². The molecule has 1 atom stereocenters. The Bertz CT molecular complexity index is 1370. The number of rotatable bonds is 10. The van der Waals surface area contributed by atoms with Gasteiger partial charge in [-0.3, -0.25) is 4.98 Å². The molecular weight excluding hydrogens is 467 g/mol. The van der Waals surface area contributed by atoms with Crippen molar-refractivity contribution in [1.82, 2.24) is 15.3 Å². The zero-order chi connectivity index (χ0) is 25.8. The first kappa shape index (κ1) is 25.8. The number of hydrogen-bond donors (Lipinski definition) is 2. The number of nitrogen functional groups attached to an aromatic ring is 1. The molecule has 0 aliphatic heterocycles. The summed E-state index contributed by atoms with van der Waals surface area (Å²) in [4.78, 5) is 9.60. The molecule has 0 radical (unpaired) electrons. The SMILES string of the molecule is C=C(NCC(CCC)c1cc(C)c(CCC)c(-c2ccc(F)cc2)n1)c1cc(C)c2nc(N)sc2c1. The van der Waals surface area contributed by atoms with Gasteiger partial charge >= 0.3 is 0 Å². The highest BCUT2D eigenvalue weighted by Gasteiger charge is 2.19. The Labute approximate surface area is 217 Å². The van der Waals surface area contributed by atoms with Crippen molar-refractivity contribution in [3.8, 4) is 11.3 Å². The fraction of sp³-hybridized carbons (Fsp3) is 0.333. The highest BCUT2D eigenvalue weighted by molar-refractivity contribution is 7.22. The summed E-state index contributed by atoms with van der Waals surface area (Å²) in [5, 5.41) is 4.16. The number of aromatic nitrogens is 2. The van der Waals surface area contributed by atoms with Crippen LogP contribution in [0.4, 0.5) is 9.52 Å². The molecule has 2 heterocycles. The van der Waals surface area contributed by atoms with Gasteiger partial charge in [-0.1, -0.05) is 44.6 Å². The predicted octanol–water partition coefficient (Wildman–Crippen LogP) is 7.79. The van der Waals surface area contributed by atoms with Crippen LogP contribution in [0.5, 0.6) is 0 Å². The second-order valence-corrected chi connectivity index (χ2v) is 10.5. The van der Waals surface area contributed by atoms with E-state index < -0.39 is 0 Å². The van der Waals surface area contributed by atoms with E-state index in [-0.39, 0.29) is 11.7 Å². The van der Waals surface area contributed by atoms with Crippen LogP contribution < -0.4 is 11.1 Å². The highest BCUT2D eigenvalue weighted by Crippen LogP contribution is 2.32. The molecule has 0 aliphatic carbocycles. The lowest BCUT2D eigenvalue weighted by Crippen LogP contribution is -2.21. The largest absolute Gasteiger partial charge is 0.384 e. The molecule has 0 bridgehead atoms. The topological polar surface area (TPSA) is 63.8 Å². The number of thiazole rings is 1. The second-order valence-electron chi connectivity index (χ2n) is 9.49. The molecule has 6 heteroatoms. The van der Waals surface area contributed by atoms with E-state index in [1.54, 1.807) is 0 Å². The first-order chi connectivity index (χ1) is 17.3. The van der Waals surface area contributed by atoms with Crippen molar-refractivity contribution in [2.75, 3.05) is 12.3 Å². The van der Waals surface area contributed by atoms with Crippen molar-refractivity contribution < 1.29 is 4.39 Å². The van der Waals surface area contributed by atoms with Gasteiger partial charge in [-0.15, -0.1) is 0 Å². The lowest BCUT2D eigenvalue weighted by molar-refractivity contribution is 0.578. The van der Waals surface area contributed by atoms with Crippen molar-refractivity contribution in [3.05, 3.63) is 82.8 Å². The number of halogens is 1. The predicted molar refractivity (Wildman–Crippen MR) is 152 cm³/mol. The van der Waals surface area contributed by atoms with Gasteiger partial charge in [0, 0.05) is 29.4 Å². The molecule has 4 rings (SSSR count). The Balaban J connectivity index is 1.62. The van der Waals surface area contributed by atoms with Gasteiger partial charge in [-0.25, -0.2) is 9.37 Å². The van der Waals surface area contributed by atoms with E-state index >= 15 is 0 Å². The lowest BCUT2D eigenvalue weighted by atomic mass is 9.92. The summed E-state index contributed by atoms with van der Waals surface area (Å²) in [6.45, 7) is 13.7. The number of nitrogens with two attached hydrogens (primary N) is 1. The van der Waals surface area contributed by atoms with Crippen LogP contribution in [0.2, 0.25) is 0 Å². The maximum Gasteiger partial charge on any atom is 0.181 e. The molecule has 2 aromatic carbocycles. The van der Waals surface area contributed by atoms with E-state index in [9.17, 15) is 4.39 Å². The number of fused-ring (bicyclic) bond motifs is 1. The van der Waals surface area contributed by atoms with Crippen LogP contribution in [0, 0.1) is 19.7 Å².